The maximum Gasteiger partial charge on any atom is 0.313 e. The van der Waals surface area contributed by atoms with Crippen LogP contribution in [0.4, 0.5) is 8.78 Å². The Morgan fingerprint density at radius 2 is 1.80 bits per heavy atom. The Morgan fingerprint density at radius 1 is 1.33 bits per heavy atom. The monoisotopic (exact) mass is 214 g/mol. The summed E-state index contributed by atoms with van der Waals surface area (Å²) in [5.41, 5.74) is 0.235. The molecule has 0 aromatic heterocycles. The molecule has 4 heteroatoms. The van der Waals surface area contributed by atoms with Gasteiger partial charge in [-0.15, -0.1) is 0 Å². The molecule has 0 aliphatic rings. The molecule has 0 spiro atoms. The number of aryl methyl sites for hydroxylation is 1. The number of benzene rings is 1. The van der Waals surface area contributed by atoms with Crippen LogP contribution in [-0.2, 0) is 9.53 Å². The lowest BCUT2D eigenvalue weighted by molar-refractivity contribution is -0.142. The third kappa shape index (κ3) is 2.32. The lowest BCUT2D eigenvalue weighted by Gasteiger charge is -2.12. The molecule has 0 bridgehead atoms. The highest BCUT2D eigenvalue weighted by Gasteiger charge is 2.23. The third-order valence-corrected chi connectivity index (χ3v) is 2.21. The average Bonchev–Trinajstić information content (AvgIpc) is 2.14. The lowest BCUT2D eigenvalue weighted by atomic mass is 9.98. The van der Waals surface area contributed by atoms with Crippen LogP contribution in [0.5, 0.6) is 0 Å². The van der Waals surface area contributed by atoms with Gasteiger partial charge in [-0.05, 0) is 31.5 Å². The third-order valence-electron chi connectivity index (χ3n) is 2.21. The Bertz CT molecular complexity index is 365. The molecule has 0 saturated heterocycles. The summed E-state index contributed by atoms with van der Waals surface area (Å²) in [5, 5.41) is 0. The first kappa shape index (κ1) is 11.6. The van der Waals surface area contributed by atoms with E-state index in [-0.39, 0.29) is 5.56 Å². The van der Waals surface area contributed by atoms with Crippen molar-refractivity contribution in [1.29, 1.82) is 0 Å². The molecule has 15 heavy (non-hydrogen) atoms. The van der Waals surface area contributed by atoms with Crippen molar-refractivity contribution >= 4 is 5.97 Å². The van der Waals surface area contributed by atoms with Crippen LogP contribution in [0, 0.1) is 18.6 Å². The highest BCUT2D eigenvalue weighted by Crippen LogP contribution is 2.24. The molecule has 1 aromatic rings. The van der Waals surface area contributed by atoms with Crippen molar-refractivity contribution in [3.05, 3.63) is 34.9 Å². The summed E-state index contributed by atoms with van der Waals surface area (Å²) >= 11 is 0. The van der Waals surface area contributed by atoms with Gasteiger partial charge in [-0.2, -0.15) is 0 Å². The number of rotatable bonds is 2. The van der Waals surface area contributed by atoms with Crippen molar-refractivity contribution in [2.24, 2.45) is 0 Å². The topological polar surface area (TPSA) is 26.3 Å². The minimum absolute atomic E-state index is 0.243. The number of ether oxygens (including phenoxy) is 1. The van der Waals surface area contributed by atoms with Crippen LogP contribution in [0.1, 0.15) is 24.0 Å². The normalized spacial score (nSPS) is 12.3. The molecule has 1 unspecified atom stereocenters. The summed E-state index contributed by atoms with van der Waals surface area (Å²) in [6.07, 6.45) is 0. The van der Waals surface area contributed by atoms with Gasteiger partial charge in [0.05, 0.1) is 13.0 Å². The van der Waals surface area contributed by atoms with Crippen LogP contribution in [0.15, 0.2) is 12.1 Å². The van der Waals surface area contributed by atoms with E-state index in [1.807, 2.05) is 0 Å². The Kier molecular flexibility index (Phi) is 3.39. The molecule has 0 saturated carbocycles. The number of esters is 1. The van der Waals surface area contributed by atoms with Crippen molar-refractivity contribution < 1.29 is 18.3 Å². The standard InChI is InChI=1S/C11H12F2O2/c1-6-4-8(12)10(9(13)5-6)7(2)11(14)15-3/h4-5,7H,1-3H3. The molecule has 82 valence electrons. The molecule has 1 atom stereocenters. The molecule has 0 radical (unpaired) electrons. The zero-order valence-electron chi connectivity index (χ0n) is 8.80. The smallest absolute Gasteiger partial charge is 0.313 e. The van der Waals surface area contributed by atoms with Gasteiger partial charge in [-0.3, -0.25) is 4.79 Å². The highest BCUT2D eigenvalue weighted by atomic mass is 19.1. The van der Waals surface area contributed by atoms with Gasteiger partial charge < -0.3 is 4.74 Å². The summed E-state index contributed by atoms with van der Waals surface area (Å²) in [4.78, 5) is 11.1. The zero-order chi connectivity index (χ0) is 11.6. The summed E-state index contributed by atoms with van der Waals surface area (Å²) in [5.74, 6) is -3.02. The average molecular weight is 214 g/mol. The van der Waals surface area contributed by atoms with Gasteiger partial charge in [-0.1, -0.05) is 0 Å². The predicted molar refractivity (Wildman–Crippen MR) is 51.5 cm³/mol. The van der Waals surface area contributed by atoms with Crippen molar-refractivity contribution in [3.63, 3.8) is 0 Å². The van der Waals surface area contributed by atoms with E-state index in [0.29, 0.717) is 5.56 Å². The van der Waals surface area contributed by atoms with Gasteiger partial charge in [0.1, 0.15) is 11.6 Å². The van der Waals surface area contributed by atoms with E-state index in [0.717, 1.165) is 0 Å². The number of halogens is 2. The second kappa shape index (κ2) is 4.38. The largest absolute Gasteiger partial charge is 0.469 e. The van der Waals surface area contributed by atoms with Crippen LogP contribution in [-0.4, -0.2) is 13.1 Å². The fraction of sp³-hybridized carbons (Fsp3) is 0.364. The van der Waals surface area contributed by atoms with E-state index in [4.69, 9.17) is 0 Å². The fourth-order valence-electron chi connectivity index (χ4n) is 1.42. The van der Waals surface area contributed by atoms with E-state index < -0.39 is 23.5 Å². The van der Waals surface area contributed by atoms with E-state index in [1.165, 1.54) is 26.2 Å². The van der Waals surface area contributed by atoms with Crippen LogP contribution < -0.4 is 0 Å². The zero-order valence-corrected chi connectivity index (χ0v) is 8.80. The minimum Gasteiger partial charge on any atom is -0.469 e. The first-order valence-electron chi connectivity index (χ1n) is 4.50. The molecule has 1 rings (SSSR count). The Hall–Kier alpha value is -1.45. The second-order valence-electron chi connectivity index (χ2n) is 3.39. The van der Waals surface area contributed by atoms with Crippen molar-refractivity contribution in [1.82, 2.24) is 0 Å². The number of carbonyl (C=O) groups is 1. The maximum absolute atomic E-state index is 13.4. The van der Waals surface area contributed by atoms with Gasteiger partial charge in [0.25, 0.3) is 0 Å². The highest BCUT2D eigenvalue weighted by molar-refractivity contribution is 5.77. The van der Waals surface area contributed by atoms with Gasteiger partial charge in [0.2, 0.25) is 0 Å². The van der Waals surface area contributed by atoms with Crippen LogP contribution in [0.3, 0.4) is 0 Å². The van der Waals surface area contributed by atoms with Crippen molar-refractivity contribution in [2.75, 3.05) is 7.11 Å². The second-order valence-corrected chi connectivity index (χ2v) is 3.39. The van der Waals surface area contributed by atoms with Crippen molar-refractivity contribution in [2.45, 2.75) is 19.8 Å². The minimum atomic E-state index is -0.935. The Labute approximate surface area is 86.9 Å². The van der Waals surface area contributed by atoms with Crippen LogP contribution >= 0.6 is 0 Å². The lowest BCUT2D eigenvalue weighted by Crippen LogP contribution is -2.14. The van der Waals surface area contributed by atoms with Gasteiger partial charge in [0, 0.05) is 5.56 Å². The van der Waals surface area contributed by atoms with E-state index in [9.17, 15) is 13.6 Å². The predicted octanol–water partition coefficient (Wildman–Crippen LogP) is 2.55. The SMILES string of the molecule is COC(=O)C(C)c1c(F)cc(C)cc1F. The molecule has 0 fully saturated rings. The molecule has 0 amide bonds. The molecule has 0 N–H and O–H groups in total. The van der Waals surface area contributed by atoms with E-state index >= 15 is 0 Å². The number of carbonyl (C=O) groups excluding carboxylic acids is 1. The Balaban J connectivity index is 3.19. The first-order chi connectivity index (χ1) is 6.97. The molecule has 0 aliphatic heterocycles. The van der Waals surface area contributed by atoms with Gasteiger partial charge >= 0.3 is 5.97 Å². The van der Waals surface area contributed by atoms with E-state index in [1.54, 1.807) is 6.92 Å². The maximum atomic E-state index is 13.4. The molecule has 0 heterocycles. The molecule has 2 nitrogen and oxygen atoms in total. The number of methoxy groups -OCH3 is 1. The summed E-state index contributed by atoms with van der Waals surface area (Å²) < 4.78 is 31.3. The number of hydrogen-bond donors (Lipinski definition) is 0. The van der Waals surface area contributed by atoms with E-state index in [2.05, 4.69) is 4.74 Å². The molecular weight excluding hydrogens is 202 g/mol. The summed E-state index contributed by atoms with van der Waals surface area (Å²) in [6.45, 7) is 2.99. The molecule has 0 aliphatic carbocycles. The summed E-state index contributed by atoms with van der Waals surface area (Å²) in [7, 11) is 1.18. The van der Waals surface area contributed by atoms with Gasteiger partial charge in [-0.25, -0.2) is 8.78 Å². The molecular formula is C11H12F2O2. The fourth-order valence-corrected chi connectivity index (χ4v) is 1.42. The van der Waals surface area contributed by atoms with Gasteiger partial charge in [0.15, 0.2) is 0 Å². The van der Waals surface area contributed by atoms with Crippen LogP contribution in [0.25, 0.3) is 0 Å². The Morgan fingerprint density at radius 3 is 2.20 bits per heavy atom. The molecule has 1 aromatic carbocycles. The first-order valence-corrected chi connectivity index (χ1v) is 4.50. The number of hydrogen-bond acceptors (Lipinski definition) is 2. The quantitative estimate of drug-likeness (QED) is 0.707. The van der Waals surface area contributed by atoms with Crippen molar-refractivity contribution in [3.8, 4) is 0 Å². The summed E-state index contributed by atoms with van der Waals surface area (Å²) in [6, 6.07) is 2.38. The van der Waals surface area contributed by atoms with Crippen LogP contribution in [0.2, 0.25) is 0 Å².